The second-order valence-corrected chi connectivity index (χ2v) is 10.9. The highest BCUT2D eigenvalue weighted by Crippen LogP contribution is 2.23. The molecular formula is C28H25BrN2O4S. The molecule has 0 aliphatic carbocycles. The Bertz CT molecular complexity index is 1510. The van der Waals surface area contributed by atoms with Crippen molar-refractivity contribution in [3.8, 4) is 0 Å². The zero-order chi connectivity index (χ0) is 25.7. The van der Waals surface area contributed by atoms with Gasteiger partial charge in [-0.05, 0) is 66.1 Å². The number of hydrogen-bond acceptors (Lipinski definition) is 4. The molecule has 4 rings (SSSR count). The van der Waals surface area contributed by atoms with Crippen LogP contribution in [0.2, 0.25) is 0 Å². The van der Waals surface area contributed by atoms with Gasteiger partial charge in [0.2, 0.25) is 11.8 Å². The number of para-hydroxylation sites is 1. The molecule has 0 bridgehead atoms. The number of rotatable bonds is 8. The first-order valence-electron chi connectivity index (χ1n) is 11.4. The Morgan fingerprint density at radius 3 is 2.25 bits per heavy atom. The van der Waals surface area contributed by atoms with Crippen LogP contribution in [0.4, 0.5) is 5.69 Å². The quantitative estimate of drug-likeness (QED) is 0.293. The lowest BCUT2D eigenvalue weighted by atomic mass is 9.97. The van der Waals surface area contributed by atoms with Gasteiger partial charge in [-0.3, -0.25) is 9.59 Å². The zero-order valence-corrected chi connectivity index (χ0v) is 22.0. The van der Waals surface area contributed by atoms with E-state index in [1.807, 2.05) is 43.3 Å². The minimum atomic E-state index is -4.21. The smallest absolute Gasteiger partial charge is 0.264 e. The zero-order valence-electron chi connectivity index (χ0n) is 19.6. The second kappa shape index (κ2) is 11.1. The lowest BCUT2D eigenvalue weighted by Crippen LogP contribution is -2.46. The van der Waals surface area contributed by atoms with Crippen LogP contribution in [0.25, 0.3) is 10.8 Å². The minimum absolute atomic E-state index is 0.0423. The summed E-state index contributed by atoms with van der Waals surface area (Å²) in [5, 5.41) is 1.61. The van der Waals surface area contributed by atoms with Gasteiger partial charge in [-0.1, -0.05) is 76.6 Å². The lowest BCUT2D eigenvalue weighted by molar-refractivity contribution is -0.132. The number of sulfonamides is 1. The lowest BCUT2D eigenvalue weighted by Gasteiger charge is -2.26. The Hall–Kier alpha value is -3.49. The molecule has 1 N–H and O–H groups in total. The largest absolute Gasteiger partial charge is 0.312 e. The van der Waals surface area contributed by atoms with Crippen LogP contribution >= 0.6 is 15.9 Å². The van der Waals surface area contributed by atoms with Crippen LogP contribution in [-0.4, -0.2) is 26.8 Å². The molecule has 2 amide bonds. The van der Waals surface area contributed by atoms with Crippen LogP contribution in [0.3, 0.4) is 0 Å². The first-order valence-corrected chi connectivity index (χ1v) is 13.7. The van der Waals surface area contributed by atoms with E-state index in [2.05, 4.69) is 20.7 Å². The molecule has 0 aliphatic heterocycles. The Balaban J connectivity index is 1.66. The monoisotopic (exact) mass is 564 g/mol. The fourth-order valence-corrected chi connectivity index (χ4v) is 5.55. The van der Waals surface area contributed by atoms with E-state index in [4.69, 9.17) is 0 Å². The van der Waals surface area contributed by atoms with Crippen LogP contribution in [0.15, 0.2) is 106 Å². The fourth-order valence-electron chi connectivity index (χ4n) is 4.05. The van der Waals surface area contributed by atoms with Gasteiger partial charge in [0.25, 0.3) is 10.0 Å². The normalized spacial score (nSPS) is 12.2. The van der Waals surface area contributed by atoms with Gasteiger partial charge in [0.05, 0.1) is 4.90 Å². The molecule has 1 unspecified atom stereocenters. The summed E-state index contributed by atoms with van der Waals surface area (Å²) in [6.45, 7) is 2.13. The first kappa shape index (κ1) is 25.6. The van der Waals surface area contributed by atoms with Gasteiger partial charge in [-0.2, -0.15) is 0 Å². The summed E-state index contributed by atoms with van der Waals surface area (Å²) >= 11 is 3.41. The van der Waals surface area contributed by atoms with Gasteiger partial charge in [-0.15, -0.1) is 0 Å². The van der Waals surface area contributed by atoms with Crippen molar-refractivity contribution >= 4 is 54.2 Å². The summed E-state index contributed by atoms with van der Waals surface area (Å²) in [7, 11) is -4.21. The summed E-state index contributed by atoms with van der Waals surface area (Å²) in [6.07, 6.45) is 0.0423. The number of nitrogens with one attached hydrogen (secondary N) is 1. The number of benzene rings is 4. The Kier molecular flexibility index (Phi) is 7.86. The van der Waals surface area contributed by atoms with E-state index in [0.29, 0.717) is 12.2 Å². The van der Waals surface area contributed by atoms with Crippen LogP contribution in [0.5, 0.6) is 0 Å². The SMILES string of the molecule is CCN(C(=O)C(Cc1cccc(Br)c1)C(=O)NS(=O)(=O)c1ccc2ccccc2c1)c1ccccc1. The highest BCUT2D eigenvalue weighted by atomic mass is 79.9. The van der Waals surface area contributed by atoms with E-state index in [1.54, 1.807) is 48.5 Å². The number of hydrogen-bond donors (Lipinski definition) is 1. The molecular weight excluding hydrogens is 540 g/mol. The highest BCUT2D eigenvalue weighted by Gasteiger charge is 2.34. The van der Waals surface area contributed by atoms with Crippen molar-refractivity contribution in [1.29, 1.82) is 0 Å². The van der Waals surface area contributed by atoms with Crippen molar-refractivity contribution in [1.82, 2.24) is 4.72 Å². The molecule has 0 aliphatic rings. The minimum Gasteiger partial charge on any atom is -0.312 e. The van der Waals surface area contributed by atoms with Gasteiger partial charge in [0.1, 0.15) is 5.92 Å². The fraction of sp³-hybridized carbons (Fsp3) is 0.143. The van der Waals surface area contributed by atoms with Crippen molar-refractivity contribution in [2.24, 2.45) is 5.92 Å². The molecule has 1 atom stereocenters. The van der Waals surface area contributed by atoms with Crippen molar-refractivity contribution in [2.75, 3.05) is 11.4 Å². The van der Waals surface area contributed by atoms with Gasteiger partial charge >= 0.3 is 0 Å². The Morgan fingerprint density at radius 2 is 1.56 bits per heavy atom. The van der Waals surface area contributed by atoms with Crippen LogP contribution in [-0.2, 0) is 26.0 Å². The predicted molar refractivity (Wildman–Crippen MR) is 145 cm³/mol. The maximum Gasteiger partial charge on any atom is 0.264 e. The molecule has 0 fully saturated rings. The number of halogens is 1. The van der Waals surface area contributed by atoms with Crippen molar-refractivity contribution in [2.45, 2.75) is 18.2 Å². The average molecular weight is 565 g/mol. The number of fused-ring (bicyclic) bond motifs is 1. The molecule has 184 valence electrons. The molecule has 0 saturated carbocycles. The Labute approximate surface area is 219 Å². The molecule has 0 saturated heterocycles. The topological polar surface area (TPSA) is 83.6 Å². The molecule has 6 nitrogen and oxygen atoms in total. The number of anilines is 1. The third kappa shape index (κ3) is 5.83. The number of carbonyl (C=O) groups excluding carboxylic acids is 2. The van der Waals surface area contributed by atoms with Gasteiger partial charge < -0.3 is 4.90 Å². The molecule has 0 spiro atoms. The predicted octanol–water partition coefficient (Wildman–Crippen LogP) is 5.32. The Morgan fingerprint density at radius 1 is 0.861 bits per heavy atom. The number of nitrogens with zero attached hydrogens (tertiary/aromatic N) is 1. The summed E-state index contributed by atoms with van der Waals surface area (Å²) in [5.41, 5.74) is 1.36. The van der Waals surface area contributed by atoms with E-state index in [9.17, 15) is 18.0 Å². The third-order valence-electron chi connectivity index (χ3n) is 5.86. The molecule has 0 radical (unpaired) electrons. The van der Waals surface area contributed by atoms with Crippen LogP contribution < -0.4 is 9.62 Å². The molecule has 8 heteroatoms. The second-order valence-electron chi connectivity index (χ2n) is 8.28. The van der Waals surface area contributed by atoms with Crippen LogP contribution in [0, 0.1) is 5.92 Å². The van der Waals surface area contributed by atoms with Crippen molar-refractivity contribution < 1.29 is 18.0 Å². The van der Waals surface area contributed by atoms with Gasteiger partial charge in [0, 0.05) is 16.7 Å². The van der Waals surface area contributed by atoms with E-state index in [1.165, 1.54) is 17.0 Å². The highest BCUT2D eigenvalue weighted by molar-refractivity contribution is 9.10. The number of carbonyl (C=O) groups is 2. The third-order valence-corrected chi connectivity index (χ3v) is 7.70. The van der Waals surface area contributed by atoms with E-state index >= 15 is 0 Å². The van der Waals surface area contributed by atoms with Gasteiger partial charge in [0.15, 0.2) is 0 Å². The summed E-state index contributed by atoms with van der Waals surface area (Å²) in [6, 6.07) is 28.3. The van der Waals surface area contributed by atoms with E-state index in [0.717, 1.165) is 20.8 Å². The molecule has 4 aromatic rings. The van der Waals surface area contributed by atoms with Crippen molar-refractivity contribution in [3.63, 3.8) is 0 Å². The van der Waals surface area contributed by atoms with E-state index < -0.39 is 27.8 Å². The maximum atomic E-state index is 13.7. The van der Waals surface area contributed by atoms with E-state index in [-0.39, 0.29) is 11.3 Å². The number of amides is 2. The first-order chi connectivity index (χ1) is 17.3. The summed E-state index contributed by atoms with van der Waals surface area (Å²) in [4.78, 5) is 28.5. The molecule has 4 aromatic carbocycles. The maximum absolute atomic E-state index is 13.7. The standard InChI is InChI=1S/C28H25BrN2O4S/c1-2-31(24-13-4-3-5-14-24)28(33)26(18-20-9-8-12-23(29)17-20)27(32)30-36(34,35)25-16-15-21-10-6-7-11-22(21)19-25/h3-17,19,26H,2,18H2,1H3,(H,30,32). The van der Waals surface area contributed by atoms with Crippen molar-refractivity contribution in [3.05, 3.63) is 107 Å². The molecule has 0 aromatic heterocycles. The molecule has 36 heavy (non-hydrogen) atoms. The molecule has 0 heterocycles. The average Bonchev–Trinajstić information content (AvgIpc) is 2.87. The summed E-state index contributed by atoms with van der Waals surface area (Å²) < 4.78 is 29.3. The van der Waals surface area contributed by atoms with Crippen LogP contribution in [0.1, 0.15) is 12.5 Å². The van der Waals surface area contributed by atoms with Gasteiger partial charge in [-0.25, -0.2) is 13.1 Å². The summed E-state index contributed by atoms with van der Waals surface area (Å²) in [5.74, 6) is -2.60.